The van der Waals surface area contributed by atoms with E-state index in [0.29, 0.717) is 4.90 Å². The first-order valence-corrected chi connectivity index (χ1v) is 14.4. The van der Waals surface area contributed by atoms with Gasteiger partial charge in [-0.2, -0.15) is 0 Å². The first-order chi connectivity index (χ1) is 6.65. The summed E-state index contributed by atoms with van der Waals surface area (Å²) < 4.78 is 0. The molecule has 0 nitrogen and oxygen atoms in total. The van der Waals surface area contributed by atoms with Crippen LogP contribution in [0.15, 0.2) is 0 Å². The summed E-state index contributed by atoms with van der Waals surface area (Å²) in [6.45, 7) is 22.5. The van der Waals surface area contributed by atoms with Gasteiger partial charge in [0.1, 0.15) is 0 Å². The van der Waals surface area contributed by atoms with E-state index in [1.54, 1.807) is 0 Å². The van der Waals surface area contributed by atoms with Crippen LogP contribution in [-0.2, 0) is 0 Å². The molecule has 0 saturated carbocycles. The summed E-state index contributed by atoms with van der Waals surface area (Å²) in [6, 6.07) is 0. The third-order valence-corrected chi connectivity index (χ3v) is 16.4. The Morgan fingerprint density at radius 1 is 0.667 bits per heavy atom. The fourth-order valence-corrected chi connectivity index (χ4v) is 17.6. The first kappa shape index (κ1) is 16.7. The average molecular weight is 284 g/mol. The van der Waals surface area contributed by atoms with Gasteiger partial charge in [-0.15, -0.1) is 31.7 Å². The fourth-order valence-electron chi connectivity index (χ4n) is 2.30. The van der Waals surface area contributed by atoms with Crippen LogP contribution >= 0.6 is 31.7 Å². The van der Waals surface area contributed by atoms with Gasteiger partial charge in [0.2, 0.25) is 0 Å². The van der Waals surface area contributed by atoms with Gasteiger partial charge < -0.3 is 0 Å². The molecule has 0 aliphatic heterocycles. The van der Waals surface area contributed by atoms with E-state index in [1.165, 1.54) is 0 Å². The molecule has 0 aliphatic rings. The molecule has 4 heteroatoms. The molecule has 0 rings (SSSR count). The maximum atomic E-state index is 2.58. The average Bonchev–Trinajstić information content (AvgIpc) is 2.01. The number of hydrogen-bond donors (Lipinski definition) is 0. The third kappa shape index (κ3) is 3.85. The molecular formula is C11H28P4. The fraction of sp³-hybridized carbons (Fsp3) is 1.00. The van der Waals surface area contributed by atoms with Gasteiger partial charge in [0.15, 0.2) is 0 Å². The van der Waals surface area contributed by atoms with Crippen molar-refractivity contribution in [2.75, 3.05) is 53.3 Å². The second-order valence-corrected chi connectivity index (χ2v) is 16.3. The van der Waals surface area contributed by atoms with E-state index in [0.717, 1.165) is 5.40 Å². The van der Waals surface area contributed by atoms with Crippen LogP contribution in [-0.4, -0.2) is 63.6 Å². The van der Waals surface area contributed by atoms with Crippen LogP contribution < -0.4 is 0 Å². The standard InChI is InChI=1S/C11H28P4/c1-11(14(6)7,15(8)9)10(12(2)3)13(4)5/h10H,1-9H3. The zero-order chi connectivity index (χ0) is 12.4. The molecule has 0 heterocycles. The van der Waals surface area contributed by atoms with Gasteiger partial charge in [-0.1, -0.05) is 6.92 Å². The molecule has 0 fully saturated rings. The predicted molar refractivity (Wildman–Crippen MR) is 87.3 cm³/mol. The van der Waals surface area contributed by atoms with Crippen molar-refractivity contribution in [3.05, 3.63) is 0 Å². The summed E-state index contributed by atoms with van der Waals surface area (Å²) in [5.41, 5.74) is 0. The van der Waals surface area contributed by atoms with Crippen molar-refractivity contribution in [2.24, 2.45) is 0 Å². The van der Waals surface area contributed by atoms with Gasteiger partial charge >= 0.3 is 0 Å². The van der Waals surface area contributed by atoms with Crippen LogP contribution in [0.5, 0.6) is 0 Å². The van der Waals surface area contributed by atoms with Crippen molar-refractivity contribution in [1.29, 1.82) is 0 Å². The molecule has 92 valence electrons. The van der Waals surface area contributed by atoms with E-state index >= 15 is 0 Å². The largest absolute Gasteiger partial charge is 0.104 e. The lowest BCUT2D eigenvalue weighted by Gasteiger charge is -2.49. The summed E-state index contributed by atoms with van der Waals surface area (Å²) in [5.74, 6) is 0. The highest BCUT2D eigenvalue weighted by atomic mass is 31.2. The Morgan fingerprint density at radius 3 is 1.00 bits per heavy atom. The van der Waals surface area contributed by atoms with E-state index < -0.39 is 0 Å². The van der Waals surface area contributed by atoms with Crippen molar-refractivity contribution in [3.63, 3.8) is 0 Å². The van der Waals surface area contributed by atoms with E-state index in [1.807, 2.05) is 0 Å². The van der Waals surface area contributed by atoms with Gasteiger partial charge in [-0.3, -0.25) is 0 Å². The van der Waals surface area contributed by atoms with Crippen molar-refractivity contribution in [1.82, 2.24) is 0 Å². The summed E-state index contributed by atoms with van der Waals surface area (Å²) in [5, 5.41) is 1.00. The Kier molecular flexibility index (Phi) is 7.36. The molecule has 0 aromatic carbocycles. The molecule has 0 aromatic rings. The number of rotatable bonds is 5. The van der Waals surface area contributed by atoms with E-state index in [9.17, 15) is 0 Å². The molecule has 0 spiro atoms. The first-order valence-electron chi connectivity index (χ1n) is 5.33. The summed E-state index contributed by atoms with van der Waals surface area (Å²) in [4.78, 5) is 0.648. The van der Waals surface area contributed by atoms with Crippen LogP contribution in [0.3, 0.4) is 0 Å². The topological polar surface area (TPSA) is 0 Å². The molecular weight excluding hydrogens is 256 g/mol. The molecule has 0 N–H and O–H groups in total. The Labute approximate surface area is 102 Å². The highest BCUT2D eigenvalue weighted by molar-refractivity contribution is 7.82. The van der Waals surface area contributed by atoms with Crippen molar-refractivity contribution >= 4 is 31.7 Å². The monoisotopic (exact) mass is 284 g/mol. The van der Waals surface area contributed by atoms with Crippen LogP contribution in [0.1, 0.15) is 6.92 Å². The van der Waals surface area contributed by atoms with Gasteiger partial charge in [0.05, 0.1) is 0 Å². The summed E-state index contributed by atoms with van der Waals surface area (Å²) in [6.07, 6.45) is 0. The van der Waals surface area contributed by atoms with Crippen molar-refractivity contribution in [2.45, 2.75) is 17.2 Å². The minimum Gasteiger partial charge on any atom is -0.104 e. The molecule has 0 radical (unpaired) electrons. The van der Waals surface area contributed by atoms with Gasteiger partial charge in [-0.25, -0.2) is 0 Å². The molecule has 0 aromatic heterocycles. The van der Waals surface area contributed by atoms with Crippen LogP contribution in [0.25, 0.3) is 0 Å². The molecule has 0 saturated heterocycles. The van der Waals surface area contributed by atoms with Crippen LogP contribution in [0.4, 0.5) is 0 Å². The molecule has 0 unspecified atom stereocenters. The highest BCUT2D eigenvalue weighted by Crippen LogP contribution is 2.72. The maximum absolute atomic E-state index is 2.58. The molecule has 0 amide bonds. The second kappa shape index (κ2) is 6.60. The zero-order valence-corrected chi connectivity index (χ0v) is 15.4. The summed E-state index contributed by atoms with van der Waals surface area (Å²) >= 11 is 0. The quantitative estimate of drug-likeness (QED) is 0.623. The third-order valence-electron chi connectivity index (χ3n) is 3.28. The lowest BCUT2D eigenvalue weighted by Crippen LogP contribution is -2.32. The zero-order valence-electron chi connectivity index (χ0n) is 11.9. The second-order valence-electron chi connectivity index (χ2n) is 5.18. The van der Waals surface area contributed by atoms with Crippen LogP contribution in [0.2, 0.25) is 0 Å². The molecule has 0 aliphatic carbocycles. The minimum atomic E-state index is 0.172. The lowest BCUT2D eigenvalue weighted by molar-refractivity contribution is 0.949. The van der Waals surface area contributed by atoms with Crippen molar-refractivity contribution in [3.8, 4) is 0 Å². The Hall–Kier alpha value is 1.72. The maximum Gasteiger partial charge on any atom is 0.0173 e. The van der Waals surface area contributed by atoms with Gasteiger partial charge in [-0.05, 0) is 53.3 Å². The lowest BCUT2D eigenvalue weighted by atomic mass is 10.5. The minimum absolute atomic E-state index is 0.172. The van der Waals surface area contributed by atoms with E-state index in [4.69, 9.17) is 0 Å². The van der Waals surface area contributed by atoms with E-state index in [-0.39, 0.29) is 31.7 Å². The van der Waals surface area contributed by atoms with Crippen LogP contribution in [0, 0.1) is 0 Å². The van der Waals surface area contributed by atoms with Gasteiger partial charge in [0.25, 0.3) is 0 Å². The Balaban J connectivity index is 5.19. The highest BCUT2D eigenvalue weighted by Gasteiger charge is 2.42. The molecule has 0 atom stereocenters. The molecule has 0 bridgehead atoms. The van der Waals surface area contributed by atoms with Crippen molar-refractivity contribution < 1.29 is 0 Å². The smallest absolute Gasteiger partial charge is 0.0173 e. The summed E-state index contributed by atoms with van der Waals surface area (Å²) in [7, 11) is 0.753. The normalized spacial score (nSPS) is 14.0. The predicted octanol–water partition coefficient (Wildman–Crippen LogP) is 4.99. The van der Waals surface area contributed by atoms with E-state index in [2.05, 4.69) is 60.2 Å². The molecule has 15 heavy (non-hydrogen) atoms. The number of hydrogen-bond acceptors (Lipinski definition) is 0. The van der Waals surface area contributed by atoms with Gasteiger partial charge in [0, 0.05) is 10.3 Å². The Bertz CT molecular complexity index is 171. The Morgan fingerprint density at radius 2 is 0.933 bits per heavy atom. The SMILES string of the molecule is CP(C)C(P(C)C)C(C)(P(C)C)P(C)C.